The predicted molar refractivity (Wildman–Crippen MR) is 99.9 cm³/mol. The van der Waals surface area contributed by atoms with Gasteiger partial charge in [-0.3, -0.25) is 9.48 Å². The molecular formula is C19H22N6O2. The highest BCUT2D eigenvalue weighted by atomic mass is 16.2. The molecule has 0 aliphatic heterocycles. The number of carbonyl (C=O) groups is 2. The van der Waals surface area contributed by atoms with Gasteiger partial charge in [0.05, 0.1) is 23.4 Å². The second-order valence-electron chi connectivity index (χ2n) is 6.76. The molecular weight excluding hydrogens is 344 g/mol. The van der Waals surface area contributed by atoms with Gasteiger partial charge in [-0.2, -0.15) is 10.4 Å². The number of benzene rings is 1. The summed E-state index contributed by atoms with van der Waals surface area (Å²) in [5.41, 5.74) is 2.92. The van der Waals surface area contributed by atoms with Crippen LogP contribution in [-0.4, -0.2) is 40.7 Å². The smallest absolute Gasteiger partial charge is 0.319 e. The number of rotatable bonds is 4. The Morgan fingerprint density at radius 2 is 2.22 bits per heavy atom. The Kier molecular flexibility index (Phi) is 5.41. The number of nitriles is 1. The van der Waals surface area contributed by atoms with Crippen molar-refractivity contribution >= 4 is 17.6 Å². The van der Waals surface area contributed by atoms with Crippen molar-refractivity contribution in [2.75, 3.05) is 19.4 Å². The molecule has 1 aliphatic rings. The molecule has 2 aromatic rings. The molecule has 1 aliphatic carbocycles. The van der Waals surface area contributed by atoms with Crippen molar-refractivity contribution in [3.8, 4) is 6.07 Å². The van der Waals surface area contributed by atoms with Crippen LogP contribution in [-0.2, 0) is 17.8 Å². The van der Waals surface area contributed by atoms with Crippen molar-refractivity contribution in [1.82, 2.24) is 20.0 Å². The lowest BCUT2D eigenvalue weighted by Gasteiger charge is -2.22. The van der Waals surface area contributed by atoms with Crippen molar-refractivity contribution < 1.29 is 9.59 Å². The van der Waals surface area contributed by atoms with Gasteiger partial charge in [-0.25, -0.2) is 4.79 Å². The summed E-state index contributed by atoms with van der Waals surface area (Å²) in [6.07, 6.45) is 4.50. The Morgan fingerprint density at radius 3 is 2.96 bits per heavy atom. The van der Waals surface area contributed by atoms with Gasteiger partial charge in [-0.1, -0.05) is 6.07 Å². The van der Waals surface area contributed by atoms with Crippen LogP contribution in [0.25, 0.3) is 0 Å². The van der Waals surface area contributed by atoms with E-state index in [1.54, 1.807) is 43.0 Å². The Balaban J connectivity index is 1.68. The topological polar surface area (TPSA) is 103 Å². The van der Waals surface area contributed by atoms with Crippen LogP contribution in [0.15, 0.2) is 30.5 Å². The highest BCUT2D eigenvalue weighted by molar-refractivity contribution is 5.89. The largest absolute Gasteiger partial charge is 0.347 e. The number of likely N-dealkylation sites (N-methyl/N-ethyl adjacent to an activating group) is 1. The molecule has 0 saturated heterocycles. The average molecular weight is 366 g/mol. The molecule has 27 heavy (non-hydrogen) atoms. The van der Waals surface area contributed by atoms with E-state index in [4.69, 9.17) is 5.26 Å². The van der Waals surface area contributed by atoms with E-state index in [1.807, 2.05) is 12.3 Å². The first-order valence-corrected chi connectivity index (χ1v) is 8.80. The number of aromatic nitrogens is 2. The molecule has 8 nitrogen and oxygen atoms in total. The van der Waals surface area contributed by atoms with E-state index in [-0.39, 0.29) is 24.5 Å². The molecule has 1 aromatic heterocycles. The van der Waals surface area contributed by atoms with Gasteiger partial charge in [-0.15, -0.1) is 0 Å². The Bertz CT molecular complexity index is 896. The molecule has 0 saturated carbocycles. The van der Waals surface area contributed by atoms with Gasteiger partial charge in [0.25, 0.3) is 0 Å². The lowest BCUT2D eigenvalue weighted by Crippen LogP contribution is -2.34. The standard InChI is InChI=1S/C19H22N6O2/c1-24(2)17(26)12-25-11-14-6-4-8-16(18(14)23-25)22-19(27)21-15-7-3-5-13(9-15)10-20/h3,5,7,9,11,16H,4,6,8,12H2,1-2H3,(H2,21,22,27)/t16-/m1/s1. The van der Waals surface area contributed by atoms with Crippen LogP contribution in [0, 0.1) is 11.3 Å². The highest BCUT2D eigenvalue weighted by Gasteiger charge is 2.26. The van der Waals surface area contributed by atoms with Gasteiger partial charge in [0.1, 0.15) is 6.54 Å². The summed E-state index contributed by atoms with van der Waals surface area (Å²) in [5, 5.41) is 19.2. The first-order chi connectivity index (χ1) is 13.0. The SMILES string of the molecule is CN(C)C(=O)Cn1cc2c(n1)[C@H](NC(=O)Nc1cccc(C#N)c1)CCC2. The van der Waals surface area contributed by atoms with Crippen LogP contribution in [0.4, 0.5) is 10.5 Å². The summed E-state index contributed by atoms with van der Waals surface area (Å²) in [6, 6.07) is 8.24. The van der Waals surface area contributed by atoms with E-state index < -0.39 is 0 Å². The minimum Gasteiger partial charge on any atom is -0.347 e. The fourth-order valence-electron chi connectivity index (χ4n) is 3.09. The summed E-state index contributed by atoms with van der Waals surface area (Å²) < 4.78 is 1.64. The molecule has 0 spiro atoms. The maximum absolute atomic E-state index is 12.4. The third-order valence-corrected chi connectivity index (χ3v) is 4.49. The third-order valence-electron chi connectivity index (χ3n) is 4.49. The number of anilines is 1. The van der Waals surface area contributed by atoms with Crippen LogP contribution in [0.1, 0.15) is 35.7 Å². The van der Waals surface area contributed by atoms with Crippen LogP contribution in [0.2, 0.25) is 0 Å². The van der Waals surface area contributed by atoms with Crippen molar-refractivity contribution in [3.63, 3.8) is 0 Å². The molecule has 3 amide bonds. The zero-order valence-electron chi connectivity index (χ0n) is 15.4. The maximum atomic E-state index is 12.4. The van der Waals surface area contributed by atoms with E-state index in [0.29, 0.717) is 11.3 Å². The molecule has 140 valence electrons. The quantitative estimate of drug-likeness (QED) is 0.864. The van der Waals surface area contributed by atoms with Gasteiger partial charge in [0, 0.05) is 26.0 Å². The first-order valence-electron chi connectivity index (χ1n) is 8.80. The fourth-order valence-corrected chi connectivity index (χ4v) is 3.09. The molecule has 0 unspecified atom stereocenters. The monoisotopic (exact) mass is 366 g/mol. The van der Waals surface area contributed by atoms with Crippen LogP contribution >= 0.6 is 0 Å². The van der Waals surface area contributed by atoms with Crippen LogP contribution < -0.4 is 10.6 Å². The zero-order chi connectivity index (χ0) is 19.4. The van der Waals surface area contributed by atoms with Gasteiger partial charge >= 0.3 is 6.03 Å². The first kappa shape index (κ1) is 18.5. The summed E-state index contributed by atoms with van der Waals surface area (Å²) in [4.78, 5) is 25.8. The van der Waals surface area contributed by atoms with Crippen molar-refractivity contribution in [2.45, 2.75) is 31.8 Å². The molecule has 0 fully saturated rings. The van der Waals surface area contributed by atoms with E-state index in [1.165, 1.54) is 4.90 Å². The predicted octanol–water partition coefficient (Wildman–Crippen LogP) is 2.04. The number of urea groups is 1. The summed E-state index contributed by atoms with van der Waals surface area (Å²) in [5.74, 6) is -0.0329. The second kappa shape index (κ2) is 7.91. The van der Waals surface area contributed by atoms with Crippen LogP contribution in [0.5, 0.6) is 0 Å². The molecule has 1 atom stereocenters. The van der Waals surface area contributed by atoms with E-state index >= 15 is 0 Å². The fraction of sp³-hybridized carbons (Fsp3) is 0.368. The van der Waals surface area contributed by atoms with Crippen molar-refractivity contribution in [2.24, 2.45) is 0 Å². The summed E-state index contributed by atoms with van der Waals surface area (Å²) in [6.45, 7) is 0.180. The normalized spacial score (nSPS) is 15.4. The number of amides is 3. The number of nitrogens with zero attached hydrogens (tertiary/aromatic N) is 4. The minimum absolute atomic E-state index is 0.0329. The lowest BCUT2D eigenvalue weighted by molar-refractivity contribution is -0.129. The van der Waals surface area contributed by atoms with Crippen molar-refractivity contribution in [3.05, 3.63) is 47.3 Å². The maximum Gasteiger partial charge on any atom is 0.319 e. The Morgan fingerprint density at radius 1 is 1.41 bits per heavy atom. The number of hydrogen-bond acceptors (Lipinski definition) is 4. The highest BCUT2D eigenvalue weighted by Crippen LogP contribution is 2.28. The third kappa shape index (κ3) is 4.44. The second-order valence-corrected chi connectivity index (χ2v) is 6.76. The number of hydrogen-bond donors (Lipinski definition) is 2. The minimum atomic E-state index is -0.346. The zero-order valence-corrected chi connectivity index (χ0v) is 15.4. The van der Waals surface area contributed by atoms with Gasteiger partial charge < -0.3 is 15.5 Å². The number of carbonyl (C=O) groups excluding carboxylic acids is 2. The van der Waals surface area contributed by atoms with Gasteiger partial charge in [0.2, 0.25) is 5.91 Å². The number of aryl methyl sites for hydroxylation is 1. The van der Waals surface area contributed by atoms with Gasteiger partial charge in [-0.05, 0) is 43.0 Å². The average Bonchev–Trinajstić information content (AvgIpc) is 3.05. The van der Waals surface area contributed by atoms with E-state index in [2.05, 4.69) is 15.7 Å². The molecule has 3 rings (SSSR count). The lowest BCUT2D eigenvalue weighted by atomic mass is 9.94. The molecule has 1 heterocycles. The molecule has 0 bridgehead atoms. The number of nitrogens with one attached hydrogen (secondary N) is 2. The number of fused-ring (bicyclic) bond motifs is 1. The Labute approximate surface area is 157 Å². The van der Waals surface area contributed by atoms with Crippen molar-refractivity contribution in [1.29, 1.82) is 5.26 Å². The summed E-state index contributed by atoms with van der Waals surface area (Å²) in [7, 11) is 3.42. The molecule has 1 aromatic carbocycles. The molecule has 8 heteroatoms. The summed E-state index contributed by atoms with van der Waals surface area (Å²) >= 11 is 0. The molecule has 2 N–H and O–H groups in total. The van der Waals surface area contributed by atoms with E-state index in [0.717, 1.165) is 30.5 Å². The van der Waals surface area contributed by atoms with E-state index in [9.17, 15) is 9.59 Å². The van der Waals surface area contributed by atoms with Crippen LogP contribution in [0.3, 0.4) is 0 Å². The van der Waals surface area contributed by atoms with Gasteiger partial charge in [0.15, 0.2) is 0 Å². The molecule has 0 radical (unpaired) electrons. The Hall–Kier alpha value is -3.34.